The molecule has 1 aromatic heterocycles. The molecular formula is C18H22ClN3O2. The highest BCUT2D eigenvalue weighted by molar-refractivity contribution is 6.30. The van der Waals surface area contributed by atoms with Gasteiger partial charge in [0.25, 0.3) is 0 Å². The lowest BCUT2D eigenvalue weighted by Crippen LogP contribution is -2.38. The van der Waals surface area contributed by atoms with Gasteiger partial charge in [-0.1, -0.05) is 29.8 Å². The Kier molecular flexibility index (Phi) is 7.03. The molecule has 6 heteroatoms. The lowest BCUT2D eigenvalue weighted by Gasteiger charge is -2.19. The molecule has 1 aromatic carbocycles. The van der Waals surface area contributed by atoms with Crippen molar-refractivity contribution in [3.63, 3.8) is 0 Å². The van der Waals surface area contributed by atoms with E-state index < -0.39 is 0 Å². The number of benzene rings is 1. The van der Waals surface area contributed by atoms with Crippen LogP contribution in [0, 0.1) is 6.92 Å². The standard InChI is InChI=1S/C18H22ClN3O2/c1-13-4-3-10-20-17(13)12-21-18(23)22-16(9-11-24-2)14-5-7-15(19)8-6-14/h3-8,10,16H,9,11-12H2,1-2H3,(H2,21,22,23)/t16-/m0/s1. The molecule has 5 nitrogen and oxygen atoms in total. The van der Waals surface area contributed by atoms with Crippen molar-refractivity contribution in [2.45, 2.75) is 25.9 Å². The van der Waals surface area contributed by atoms with Crippen LogP contribution in [0.15, 0.2) is 42.6 Å². The van der Waals surface area contributed by atoms with Gasteiger partial charge in [-0.25, -0.2) is 4.79 Å². The van der Waals surface area contributed by atoms with Gasteiger partial charge in [0.05, 0.1) is 18.3 Å². The predicted octanol–water partition coefficient (Wildman–Crippen LogP) is 3.62. The van der Waals surface area contributed by atoms with Crippen LogP contribution < -0.4 is 10.6 Å². The van der Waals surface area contributed by atoms with Crippen molar-refractivity contribution < 1.29 is 9.53 Å². The van der Waals surface area contributed by atoms with Crippen molar-refractivity contribution >= 4 is 17.6 Å². The summed E-state index contributed by atoms with van der Waals surface area (Å²) in [4.78, 5) is 16.5. The first-order valence-corrected chi connectivity index (χ1v) is 8.17. The molecule has 2 amide bonds. The Morgan fingerprint density at radius 3 is 2.71 bits per heavy atom. The summed E-state index contributed by atoms with van der Waals surface area (Å²) in [7, 11) is 1.64. The zero-order valence-corrected chi connectivity index (χ0v) is 14.6. The highest BCUT2D eigenvalue weighted by Crippen LogP contribution is 2.19. The van der Waals surface area contributed by atoms with Gasteiger partial charge in [0.15, 0.2) is 0 Å². The van der Waals surface area contributed by atoms with Crippen molar-refractivity contribution in [2.75, 3.05) is 13.7 Å². The van der Waals surface area contributed by atoms with E-state index in [1.807, 2.05) is 43.3 Å². The second-order valence-electron chi connectivity index (χ2n) is 5.48. The molecule has 0 aliphatic heterocycles. The number of hydrogen-bond acceptors (Lipinski definition) is 3. The maximum absolute atomic E-state index is 12.2. The summed E-state index contributed by atoms with van der Waals surface area (Å²) in [6, 6.07) is 10.9. The van der Waals surface area contributed by atoms with Gasteiger partial charge in [0, 0.05) is 24.9 Å². The first kappa shape index (κ1) is 18.2. The average Bonchev–Trinajstić information content (AvgIpc) is 2.58. The van der Waals surface area contributed by atoms with Gasteiger partial charge >= 0.3 is 6.03 Å². The van der Waals surface area contributed by atoms with E-state index in [-0.39, 0.29) is 12.1 Å². The summed E-state index contributed by atoms with van der Waals surface area (Å²) in [6.07, 6.45) is 2.39. The third kappa shape index (κ3) is 5.51. The summed E-state index contributed by atoms with van der Waals surface area (Å²) in [5, 5.41) is 6.49. The molecule has 0 aliphatic rings. The van der Waals surface area contributed by atoms with Crippen LogP contribution in [0.4, 0.5) is 4.79 Å². The highest BCUT2D eigenvalue weighted by atomic mass is 35.5. The van der Waals surface area contributed by atoms with Crippen molar-refractivity contribution in [2.24, 2.45) is 0 Å². The molecule has 2 N–H and O–H groups in total. The number of nitrogens with one attached hydrogen (secondary N) is 2. The molecule has 0 radical (unpaired) electrons. The first-order chi connectivity index (χ1) is 11.6. The molecule has 0 unspecified atom stereocenters. The van der Waals surface area contributed by atoms with E-state index in [1.165, 1.54) is 0 Å². The number of halogens is 1. The smallest absolute Gasteiger partial charge is 0.315 e. The van der Waals surface area contributed by atoms with Gasteiger partial charge in [-0.15, -0.1) is 0 Å². The average molecular weight is 348 g/mol. The van der Waals surface area contributed by atoms with E-state index in [0.717, 1.165) is 16.8 Å². The van der Waals surface area contributed by atoms with Gasteiger partial charge in [-0.3, -0.25) is 4.98 Å². The van der Waals surface area contributed by atoms with Crippen molar-refractivity contribution in [1.82, 2.24) is 15.6 Å². The number of pyridine rings is 1. The molecule has 2 rings (SSSR count). The topological polar surface area (TPSA) is 63.2 Å². The fourth-order valence-corrected chi connectivity index (χ4v) is 2.46. The normalized spacial score (nSPS) is 11.8. The monoisotopic (exact) mass is 347 g/mol. The van der Waals surface area contributed by atoms with Gasteiger partial charge in [0.1, 0.15) is 0 Å². The molecule has 0 saturated carbocycles. The second-order valence-corrected chi connectivity index (χ2v) is 5.92. The van der Waals surface area contributed by atoms with Crippen LogP contribution in [-0.2, 0) is 11.3 Å². The van der Waals surface area contributed by atoms with Crippen LogP contribution in [0.3, 0.4) is 0 Å². The number of carbonyl (C=O) groups is 1. The second kappa shape index (κ2) is 9.25. The third-order valence-electron chi connectivity index (χ3n) is 3.72. The molecule has 24 heavy (non-hydrogen) atoms. The van der Waals surface area contributed by atoms with Crippen LogP contribution in [0.1, 0.15) is 29.3 Å². The Labute approximate surface area is 147 Å². The van der Waals surface area contributed by atoms with E-state index >= 15 is 0 Å². The van der Waals surface area contributed by atoms with E-state index in [0.29, 0.717) is 24.6 Å². The van der Waals surface area contributed by atoms with Crippen LogP contribution in [0.25, 0.3) is 0 Å². The maximum atomic E-state index is 12.2. The SMILES string of the molecule is COCC[C@H](NC(=O)NCc1ncccc1C)c1ccc(Cl)cc1. The van der Waals surface area contributed by atoms with E-state index in [9.17, 15) is 4.79 Å². The van der Waals surface area contributed by atoms with Gasteiger partial charge in [-0.2, -0.15) is 0 Å². The van der Waals surface area contributed by atoms with Crippen LogP contribution in [0.2, 0.25) is 5.02 Å². The minimum absolute atomic E-state index is 0.146. The largest absolute Gasteiger partial charge is 0.385 e. The van der Waals surface area contributed by atoms with Crippen molar-refractivity contribution in [3.05, 3.63) is 64.4 Å². The molecule has 0 bridgehead atoms. The molecule has 0 saturated heterocycles. The number of ether oxygens (including phenoxy) is 1. The summed E-state index contributed by atoms with van der Waals surface area (Å²) in [5.74, 6) is 0. The fraction of sp³-hybridized carbons (Fsp3) is 0.333. The Balaban J connectivity index is 1.96. The molecular weight excluding hydrogens is 326 g/mol. The minimum atomic E-state index is -0.240. The summed E-state index contributed by atoms with van der Waals surface area (Å²) < 4.78 is 5.14. The van der Waals surface area contributed by atoms with Crippen molar-refractivity contribution in [1.29, 1.82) is 0 Å². The molecule has 0 spiro atoms. The quantitative estimate of drug-likeness (QED) is 0.804. The number of aryl methyl sites for hydroxylation is 1. The zero-order chi connectivity index (χ0) is 17.4. The molecule has 1 heterocycles. The highest BCUT2D eigenvalue weighted by Gasteiger charge is 2.14. The number of rotatable bonds is 7. The minimum Gasteiger partial charge on any atom is -0.385 e. The molecule has 2 aromatic rings. The Hall–Kier alpha value is -2.11. The van der Waals surface area contributed by atoms with Gasteiger partial charge in [0.2, 0.25) is 0 Å². The summed E-state index contributed by atoms with van der Waals surface area (Å²) in [6.45, 7) is 2.90. The number of nitrogens with zero attached hydrogens (tertiary/aromatic N) is 1. The number of aromatic nitrogens is 1. The molecule has 0 fully saturated rings. The van der Waals surface area contributed by atoms with E-state index in [4.69, 9.17) is 16.3 Å². The number of methoxy groups -OCH3 is 1. The van der Waals surface area contributed by atoms with Crippen LogP contribution in [0.5, 0.6) is 0 Å². The molecule has 0 aliphatic carbocycles. The fourth-order valence-electron chi connectivity index (χ4n) is 2.33. The lowest BCUT2D eigenvalue weighted by molar-refractivity contribution is 0.181. The summed E-state index contributed by atoms with van der Waals surface area (Å²) in [5.41, 5.74) is 2.89. The Morgan fingerprint density at radius 1 is 1.29 bits per heavy atom. The molecule has 128 valence electrons. The predicted molar refractivity (Wildman–Crippen MR) is 95.0 cm³/mol. The summed E-state index contributed by atoms with van der Waals surface area (Å²) >= 11 is 5.93. The zero-order valence-electron chi connectivity index (χ0n) is 13.9. The van der Waals surface area contributed by atoms with E-state index in [1.54, 1.807) is 13.3 Å². The van der Waals surface area contributed by atoms with Crippen LogP contribution >= 0.6 is 11.6 Å². The Bertz CT molecular complexity index is 662. The Morgan fingerprint density at radius 2 is 2.04 bits per heavy atom. The lowest BCUT2D eigenvalue weighted by atomic mass is 10.0. The third-order valence-corrected chi connectivity index (χ3v) is 3.97. The maximum Gasteiger partial charge on any atom is 0.315 e. The van der Waals surface area contributed by atoms with Crippen molar-refractivity contribution in [3.8, 4) is 0 Å². The van der Waals surface area contributed by atoms with Crippen LogP contribution in [-0.4, -0.2) is 24.7 Å². The number of carbonyl (C=O) groups excluding carboxylic acids is 1. The molecule has 1 atom stereocenters. The first-order valence-electron chi connectivity index (χ1n) is 7.79. The number of urea groups is 1. The number of amides is 2. The number of hydrogen-bond donors (Lipinski definition) is 2. The van der Waals surface area contributed by atoms with Gasteiger partial charge < -0.3 is 15.4 Å². The van der Waals surface area contributed by atoms with E-state index in [2.05, 4.69) is 15.6 Å². The van der Waals surface area contributed by atoms with Gasteiger partial charge in [-0.05, 0) is 42.7 Å².